The molecule has 3 heteroatoms. The van der Waals surface area contributed by atoms with Gasteiger partial charge in [-0.2, -0.15) is 0 Å². The molecule has 1 aliphatic rings. The molecule has 0 radical (unpaired) electrons. The van der Waals surface area contributed by atoms with Gasteiger partial charge in [-0.25, -0.2) is 0 Å². The smallest absolute Gasteiger partial charge is 0.119 e. The van der Waals surface area contributed by atoms with Gasteiger partial charge in [0.25, 0.3) is 0 Å². The van der Waals surface area contributed by atoms with Gasteiger partial charge in [0.15, 0.2) is 0 Å². The highest BCUT2D eigenvalue weighted by Gasteiger charge is 2.40. The van der Waals surface area contributed by atoms with Crippen molar-refractivity contribution in [2.75, 3.05) is 20.3 Å². The number of hydrogen-bond donors (Lipinski definition) is 2. The summed E-state index contributed by atoms with van der Waals surface area (Å²) in [4.78, 5) is 0. The van der Waals surface area contributed by atoms with E-state index in [1.165, 1.54) is 18.4 Å². The third kappa shape index (κ3) is 3.78. The van der Waals surface area contributed by atoms with Gasteiger partial charge in [-0.05, 0) is 55.8 Å². The molecule has 2 atom stereocenters. The molecule has 0 bridgehead atoms. The minimum Gasteiger partial charge on any atom is -0.494 e. The molecule has 1 aliphatic carbocycles. The Kier molecular flexibility index (Phi) is 5.65. The van der Waals surface area contributed by atoms with Crippen LogP contribution in [-0.2, 0) is 0 Å². The van der Waals surface area contributed by atoms with Crippen molar-refractivity contribution in [3.05, 3.63) is 29.8 Å². The van der Waals surface area contributed by atoms with Crippen molar-refractivity contribution < 1.29 is 9.84 Å². The molecule has 3 nitrogen and oxygen atoms in total. The average Bonchev–Trinajstić information content (AvgIpc) is 2.91. The van der Waals surface area contributed by atoms with E-state index in [0.717, 1.165) is 25.2 Å². The monoisotopic (exact) mass is 291 g/mol. The van der Waals surface area contributed by atoms with Crippen LogP contribution < -0.4 is 10.1 Å². The van der Waals surface area contributed by atoms with Crippen LogP contribution in [0.25, 0.3) is 0 Å². The number of benzene rings is 1. The molecule has 0 amide bonds. The lowest BCUT2D eigenvalue weighted by atomic mass is 9.86. The molecule has 0 aromatic heterocycles. The molecular weight excluding hydrogens is 262 g/mol. The van der Waals surface area contributed by atoms with Gasteiger partial charge in [-0.15, -0.1) is 0 Å². The Morgan fingerprint density at radius 1 is 1.43 bits per heavy atom. The maximum absolute atomic E-state index is 9.70. The molecule has 21 heavy (non-hydrogen) atoms. The molecule has 0 saturated heterocycles. The number of aliphatic hydroxyl groups is 1. The molecular formula is C18H29NO2. The molecule has 2 N–H and O–H groups in total. The fourth-order valence-electron chi connectivity index (χ4n) is 3.46. The van der Waals surface area contributed by atoms with E-state index < -0.39 is 0 Å². The van der Waals surface area contributed by atoms with Gasteiger partial charge in [0, 0.05) is 5.54 Å². The lowest BCUT2D eigenvalue weighted by Gasteiger charge is -2.33. The highest BCUT2D eigenvalue weighted by atomic mass is 16.5. The van der Waals surface area contributed by atoms with Crippen molar-refractivity contribution in [1.82, 2.24) is 5.32 Å². The normalized spacial score (nSPS) is 25.5. The maximum atomic E-state index is 9.70. The highest BCUT2D eigenvalue weighted by molar-refractivity contribution is 5.30. The van der Waals surface area contributed by atoms with E-state index in [0.29, 0.717) is 11.8 Å². The van der Waals surface area contributed by atoms with Crippen molar-refractivity contribution in [3.63, 3.8) is 0 Å². The van der Waals surface area contributed by atoms with Crippen LogP contribution in [0.15, 0.2) is 24.3 Å². The van der Waals surface area contributed by atoms with E-state index in [9.17, 15) is 5.11 Å². The van der Waals surface area contributed by atoms with Crippen LogP contribution in [0.4, 0.5) is 0 Å². The minimum absolute atomic E-state index is 0.0941. The van der Waals surface area contributed by atoms with Crippen molar-refractivity contribution in [2.45, 2.75) is 51.0 Å². The molecule has 1 aromatic carbocycles. The Morgan fingerprint density at radius 3 is 2.90 bits per heavy atom. The second-order valence-corrected chi connectivity index (χ2v) is 6.52. The minimum atomic E-state index is -0.0941. The van der Waals surface area contributed by atoms with Crippen molar-refractivity contribution in [2.24, 2.45) is 5.92 Å². The van der Waals surface area contributed by atoms with Gasteiger partial charge >= 0.3 is 0 Å². The second-order valence-electron chi connectivity index (χ2n) is 6.52. The highest BCUT2D eigenvalue weighted by Crippen LogP contribution is 2.37. The molecule has 1 fully saturated rings. The number of ether oxygens (including phenoxy) is 1. The van der Waals surface area contributed by atoms with E-state index in [1.807, 2.05) is 13.1 Å². The first-order valence-corrected chi connectivity index (χ1v) is 8.14. The van der Waals surface area contributed by atoms with Crippen LogP contribution in [0.3, 0.4) is 0 Å². The Bertz CT molecular complexity index is 441. The summed E-state index contributed by atoms with van der Waals surface area (Å²) in [5.74, 6) is 1.98. The summed E-state index contributed by atoms with van der Waals surface area (Å²) in [5, 5.41) is 13.0. The van der Waals surface area contributed by atoms with Crippen LogP contribution in [0, 0.1) is 5.92 Å². The number of hydrogen-bond acceptors (Lipinski definition) is 3. The van der Waals surface area contributed by atoms with Gasteiger partial charge < -0.3 is 15.2 Å². The zero-order chi connectivity index (χ0) is 15.3. The summed E-state index contributed by atoms with van der Waals surface area (Å²) in [6.45, 7) is 5.33. The number of aliphatic hydroxyl groups excluding tert-OH is 1. The summed E-state index contributed by atoms with van der Waals surface area (Å²) in [7, 11) is 1.96. The first-order valence-electron chi connectivity index (χ1n) is 8.14. The zero-order valence-electron chi connectivity index (χ0n) is 13.6. The average molecular weight is 291 g/mol. The molecule has 2 unspecified atom stereocenters. The fourth-order valence-corrected chi connectivity index (χ4v) is 3.46. The molecule has 2 rings (SSSR count). The summed E-state index contributed by atoms with van der Waals surface area (Å²) in [6, 6.07) is 8.37. The van der Waals surface area contributed by atoms with E-state index in [4.69, 9.17) is 4.74 Å². The van der Waals surface area contributed by atoms with Crippen LogP contribution in [-0.4, -0.2) is 30.9 Å². The SMILES string of the molecule is CNC1(CO)CCCC1CCOc1cccc(C(C)C)c1. The van der Waals surface area contributed by atoms with Gasteiger partial charge in [0.05, 0.1) is 13.2 Å². The Labute approximate surface area is 128 Å². The first-order chi connectivity index (χ1) is 10.1. The van der Waals surface area contributed by atoms with Gasteiger partial charge in [0.2, 0.25) is 0 Å². The van der Waals surface area contributed by atoms with Crippen LogP contribution >= 0.6 is 0 Å². The standard InChI is InChI=1S/C18H29NO2/c1-14(2)15-6-4-8-17(12-15)21-11-9-16-7-5-10-18(16,13-20)19-3/h4,6,8,12,14,16,19-20H,5,7,9-11,13H2,1-3H3. The summed E-state index contributed by atoms with van der Waals surface area (Å²) in [6.07, 6.45) is 4.42. The molecule has 0 spiro atoms. The maximum Gasteiger partial charge on any atom is 0.119 e. The van der Waals surface area contributed by atoms with E-state index in [2.05, 4.69) is 37.4 Å². The third-order valence-corrected chi connectivity index (χ3v) is 5.00. The predicted octanol–water partition coefficient (Wildman–Crippen LogP) is 3.33. The first kappa shape index (κ1) is 16.3. The fraction of sp³-hybridized carbons (Fsp3) is 0.667. The molecule has 1 saturated carbocycles. The van der Waals surface area contributed by atoms with Crippen LogP contribution in [0.2, 0.25) is 0 Å². The quantitative estimate of drug-likeness (QED) is 0.809. The summed E-state index contributed by atoms with van der Waals surface area (Å²) < 4.78 is 5.93. The Morgan fingerprint density at radius 2 is 2.24 bits per heavy atom. The lowest BCUT2D eigenvalue weighted by molar-refractivity contribution is 0.117. The van der Waals surface area contributed by atoms with Crippen molar-refractivity contribution in [1.29, 1.82) is 0 Å². The molecule has 0 aliphatic heterocycles. The largest absolute Gasteiger partial charge is 0.494 e. The molecule has 1 aromatic rings. The van der Waals surface area contributed by atoms with Crippen LogP contribution in [0.5, 0.6) is 5.75 Å². The van der Waals surface area contributed by atoms with E-state index in [-0.39, 0.29) is 12.1 Å². The van der Waals surface area contributed by atoms with Crippen molar-refractivity contribution in [3.8, 4) is 5.75 Å². The lowest BCUT2D eigenvalue weighted by Crippen LogP contribution is -2.49. The third-order valence-electron chi connectivity index (χ3n) is 5.00. The number of likely N-dealkylation sites (N-methyl/N-ethyl adjacent to an activating group) is 1. The second kappa shape index (κ2) is 7.28. The summed E-state index contributed by atoms with van der Waals surface area (Å²) in [5.41, 5.74) is 1.22. The topological polar surface area (TPSA) is 41.5 Å². The number of rotatable bonds is 7. The molecule has 0 heterocycles. The summed E-state index contributed by atoms with van der Waals surface area (Å²) >= 11 is 0. The molecule has 118 valence electrons. The van der Waals surface area contributed by atoms with E-state index in [1.54, 1.807) is 0 Å². The Hall–Kier alpha value is -1.06. The number of nitrogens with one attached hydrogen (secondary N) is 1. The van der Waals surface area contributed by atoms with Gasteiger partial charge in [-0.3, -0.25) is 0 Å². The van der Waals surface area contributed by atoms with Crippen LogP contribution in [0.1, 0.15) is 51.0 Å². The predicted molar refractivity (Wildman–Crippen MR) is 86.9 cm³/mol. The van der Waals surface area contributed by atoms with E-state index >= 15 is 0 Å². The Balaban J connectivity index is 1.88. The van der Waals surface area contributed by atoms with Gasteiger partial charge in [0.1, 0.15) is 5.75 Å². The van der Waals surface area contributed by atoms with Crippen molar-refractivity contribution >= 4 is 0 Å². The van der Waals surface area contributed by atoms with Gasteiger partial charge in [-0.1, -0.05) is 32.4 Å². The zero-order valence-corrected chi connectivity index (χ0v) is 13.6.